The van der Waals surface area contributed by atoms with E-state index in [0.29, 0.717) is 28.7 Å². The van der Waals surface area contributed by atoms with E-state index in [9.17, 15) is 18.0 Å². The molecule has 1 atom stereocenters. The third kappa shape index (κ3) is 9.02. The zero-order valence-electron chi connectivity index (χ0n) is 20.3. The number of hydrogen-bond acceptors (Lipinski definition) is 4. The van der Waals surface area contributed by atoms with Crippen molar-refractivity contribution in [1.29, 1.82) is 0 Å². The highest BCUT2D eigenvalue weighted by molar-refractivity contribution is 7.92. The third-order valence-corrected chi connectivity index (χ3v) is 7.46. The van der Waals surface area contributed by atoms with E-state index in [1.165, 1.54) is 9.21 Å². The number of hydrogen-bond donors (Lipinski definition) is 1. The first-order valence-electron chi connectivity index (χ1n) is 11.6. The Morgan fingerprint density at radius 2 is 1.71 bits per heavy atom. The monoisotopic (exact) mass is 541 g/mol. The highest BCUT2D eigenvalue weighted by atomic mass is 35.5. The average Bonchev–Trinajstić information content (AvgIpc) is 2.81. The van der Waals surface area contributed by atoms with Gasteiger partial charge in [-0.05, 0) is 49.6 Å². The van der Waals surface area contributed by atoms with Crippen molar-refractivity contribution in [2.75, 3.05) is 23.7 Å². The fourth-order valence-electron chi connectivity index (χ4n) is 3.55. The second-order valence-corrected chi connectivity index (χ2v) is 11.1. The van der Waals surface area contributed by atoms with Crippen LogP contribution in [0.5, 0.6) is 0 Å². The van der Waals surface area contributed by atoms with Crippen molar-refractivity contribution in [2.24, 2.45) is 0 Å². The van der Waals surface area contributed by atoms with Gasteiger partial charge in [-0.1, -0.05) is 60.8 Å². The van der Waals surface area contributed by atoms with Gasteiger partial charge in [0, 0.05) is 26.1 Å². The molecule has 0 saturated carbocycles. The molecule has 2 aromatic rings. The van der Waals surface area contributed by atoms with Gasteiger partial charge in [-0.2, -0.15) is 0 Å². The van der Waals surface area contributed by atoms with Crippen LogP contribution in [0.15, 0.2) is 48.5 Å². The number of nitrogens with one attached hydrogen (secondary N) is 1. The first-order chi connectivity index (χ1) is 16.5. The number of halogens is 2. The van der Waals surface area contributed by atoms with E-state index >= 15 is 0 Å². The first kappa shape index (κ1) is 28.9. The number of anilines is 1. The molecule has 2 rings (SSSR count). The van der Waals surface area contributed by atoms with Crippen molar-refractivity contribution in [1.82, 2.24) is 10.2 Å². The molecule has 2 amide bonds. The standard InChI is InChI=1S/C25H33Cl2N3O4S/c1-4-5-15-28-25(32)19(2)29(18-20-13-14-22(26)23(27)17-20)24(31)12-9-16-30(35(3,33)34)21-10-7-6-8-11-21/h6-8,10-11,13-14,17,19H,4-5,9,12,15-16,18H2,1-3H3,(H,28,32)/t19-/m0/s1. The fraction of sp³-hybridized carbons (Fsp3) is 0.440. The lowest BCUT2D eigenvalue weighted by atomic mass is 10.1. The van der Waals surface area contributed by atoms with E-state index < -0.39 is 16.1 Å². The van der Waals surface area contributed by atoms with Crippen LogP contribution in [-0.4, -0.2) is 50.5 Å². The Balaban J connectivity index is 2.15. The molecule has 0 aliphatic heterocycles. The van der Waals surface area contributed by atoms with Gasteiger partial charge in [-0.25, -0.2) is 8.42 Å². The second-order valence-electron chi connectivity index (χ2n) is 8.36. The number of rotatable bonds is 13. The number of carbonyl (C=O) groups excluding carboxylic acids is 2. The molecule has 0 aliphatic rings. The number of amides is 2. The first-order valence-corrected chi connectivity index (χ1v) is 14.2. The Hall–Kier alpha value is -2.29. The van der Waals surface area contributed by atoms with Crippen molar-refractivity contribution in [3.8, 4) is 0 Å². The maximum atomic E-state index is 13.3. The minimum atomic E-state index is -3.52. The zero-order chi connectivity index (χ0) is 26.0. The molecule has 0 fully saturated rings. The predicted molar refractivity (Wildman–Crippen MR) is 142 cm³/mol. The van der Waals surface area contributed by atoms with Crippen molar-refractivity contribution in [3.05, 3.63) is 64.1 Å². The molecule has 0 saturated heterocycles. The summed E-state index contributed by atoms with van der Waals surface area (Å²) in [5.74, 6) is -0.496. The van der Waals surface area contributed by atoms with E-state index in [2.05, 4.69) is 5.32 Å². The summed E-state index contributed by atoms with van der Waals surface area (Å²) in [4.78, 5) is 27.5. The molecule has 0 bridgehead atoms. The number of carbonyl (C=O) groups is 2. The highest BCUT2D eigenvalue weighted by Gasteiger charge is 2.26. The van der Waals surface area contributed by atoms with Gasteiger partial charge in [0.1, 0.15) is 6.04 Å². The lowest BCUT2D eigenvalue weighted by molar-refractivity contribution is -0.140. The number of benzene rings is 2. The summed E-state index contributed by atoms with van der Waals surface area (Å²) in [5, 5.41) is 3.64. The Morgan fingerprint density at radius 1 is 1.03 bits per heavy atom. The number of nitrogens with zero attached hydrogens (tertiary/aromatic N) is 2. The van der Waals surface area contributed by atoms with Gasteiger partial charge in [-0.3, -0.25) is 13.9 Å². The summed E-state index contributed by atoms with van der Waals surface area (Å²) in [6.07, 6.45) is 3.30. The van der Waals surface area contributed by atoms with Crippen LogP contribution in [0, 0.1) is 0 Å². The molecule has 0 spiro atoms. The molecular weight excluding hydrogens is 509 g/mol. The van der Waals surface area contributed by atoms with E-state index in [-0.39, 0.29) is 31.3 Å². The summed E-state index contributed by atoms with van der Waals surface area (Å²) >= 11 is 12.2. The van der Waals surface area contributed by atoms with Gasteiger partial charge in [0.2, 0.25) is 21.8 Å². The topological polar surface area (TPSA) is 86.8 Å². The molecule has 192 valence electrons. The number of unbranched alkanes of at least 4 members (excludes halogenated alkanes) is 1. The summed E-state index contributed by atoms with van der Waals surface area (Å²) in [7, 11) is -3.52. The van der Waals surface area contributed by atoms with Gasteiger partial charge in [0.05, 0.1) is 22.0 Å². The molecule has 1 N–H and O–H groups in total. The number of sulfonamides is 1. The Bertz CT molecular complexity index is 1100. The van der Waals surface area contributed by atoms with E-state index in [0.717, 1.165) is 24.7 Å². The predicted octanol–water partition coefficient (Wildman–Crippen LogP) is 4.87. The summed E-state index contributed by atoms with van der Waals surface area (Å²) in [6, 6.07) is 13.1. The molecule has 2 aromatic carbocycles. The van der Waals surface area contributed by atoms with Gasteiger partial charge < -0.3 is 10.2 Å². The largest absolute Gasteiger partial charge is 0.354 e. The third-order valence-electron chi connectivity index (χ3n) is 5.53. The highest BCUT2D eigenvalue weighted by Crippen LogP contribution is 2.24. The molecule has 0 heterocycles. The van der Waals surface area contributed by atoms with Crippen molar-refractivity contribution >= 4 is 50.7 Å². The molecule has 0 unspecified atom stereocenters. The fourth-order valence-corrected chi connectivity index (χ4v) is 4.84. The van der Waals surface area contributed by atoms with Crippen molar-refractivity contribution < 1.29 is 18.0 Å². The van der Waals surface area contributed by atoms with Crippen LogP contribution in [0.25, 0.3) is 0 Å². The molecule has 0 radical (unpaired) electrons. The molecule has 7 nitrogen and oxygen atoms in total. The van der Waals surface area contributed by atoms with Crippen LogP contribution in [-0.2, 0) is 26.2 Å². The van der Waals surface area contributed by atoms with E-state index in [4.69, 9.17) is 23.2 Å². The molecule has 0 aliphatic carbocycles. The number of para-hydroxylation sites is 1. The zero-order valence-corrected chi connectivity index (χ0v) is 22.7. The van der Waals surface area contributed by atoms with Gasteiger partial charge in [0.25, 0.3) is 0 Å². The van der Waals surface area contributed by atoms with Crippen LogP contribution >= 0.6 is 23.2 Å². The van der Waals surface area contributed by atoms with Crippen LogP contribution in [0.1, 0.15) is 45.1 Å². The minimum Gasteiger partial charge on any atom is -0.354 e. The smallest absolute Gasteiger partial charge is 0.242 e. The molecule has 35 heavy (non-hydrogen) atoms. The maximum absolute atomic E-state index is 13.3. The average molecular weight is 543 g/mol. The van der Waals surface area contributed by atoms with Crippen LogP contribution in [0.2, 0.25) is 10.0 Å². The molecule has 0 aromatic heterocycles. The lowest BCUT2D eigenvalue weighted by Crippen LogP contribution is -2.48. The van der Waals surface area contributed by atoms with Gasteiger partial charge in [0.15, 0.2) is 0 Å². The quantitative estimate of drug-likeness (QED) is 0.366. The second kappa shape index (κ2) is 13.7. The Labute approximate surface area is 218 Å². The van der Waals surface area contributed by atoms with Crippen molar-refractivity contribution in [2.45, 2.75) is 52.1 Å². The summed E-state index contributed by atoms with van der Waals surface area (Å²) in [6.45, 7) is 4.57. The SMILES string of the molecule is CCCCNC(=O)[C@H](C)N(Cc1ccc(Cl)c(Cl)c1)C(=O)CCCN(c1ccccc1)S(C)(=O)=O. The summed E-state index contributed by atoms with van der Waals surface area (Å²) in [5.41, 5.74) is 1.28. The van der Waals surface area contributed by atoms with Gasteiger partial charge in [-0.15, -0.1) is 0 Å². The molecule has 10 heteroatoms. The Kier molecular flexibility index (Phi) is 11.3. The van der Waals surface area contributed by atoms with E-state index in [1.54, 1.807) is 55.5 Å². The van der Waals surface area contributed by atoms with Crippen molar-refractivity contribution in [3.63, 3.8) is 0 Å². The van der Waals surface area contributed by atoms with Gasteiger partial charge >= 0.3 is 0 Å². The maximum Gasteiger partial charge on any atom is 0.242 e. The normalized spacial score (nSPS) is 12.1. The van der Waals surface area contributed by atoms with E-state index in [1.807, 2.05) is 6.92 Å². The summed E-state index contributed by atoms with van der Waals surface area (Å²) < 4.78 is 25.9. The minimum absolute atomic E-state index is 0.0761. The Morgan fingerprint density at radius 3 is 2.31 bits per heavy atom. The van der Waals surface area contributed by atoms with Crippen LogP contribution in [0.3, 0.4) is 0 Å². The van der Waals surface area contributed by atoms with Crippen LogP contribution in [0.4, 0.5) is 5.69 Å². The van der Waals surface area contributed by atoms with Crippen LogP contribution < -0.4 is 9.62 Å². The molecular formula is C25H33Cl2N3O4S. The lowest BCUT2D eigenvalue weighted by Gasteiger charge is -2.29.